The van der Waals surface area contributed by atoms with Crippen LogP contribution in [0.3, 0.4) is 0 Å². The van der Waals surface area contributed by atoms with E-state index < -0.39 is 23.0 Å². The third-order valence-corrected chi connectivity index (χ3v) is 6.93. The maximum absolute atomic E-state index is 16.5. The molecule has 0 aliphatic heterocycles. The summed E-state index contributed by atoms with van der Waals surface area (Å²) in [7, 11) is 0. The number of fused-ring (bicyclic) bond motifs is 1. The monoisotopic (exact) mass is 584 g/mol. The van der Waals surface area contributed by atoms with Crippen LogP contribution in [0.1, 0.15) is 91.3 Å². The van der Waals surface area contributed by atoms with E-state index in [1.165, 1.54) is 0 Å². The summed E-state index contributed by atoms with van der Waals surface area (Å²) in [5.74, 6) is -0.203. The molecule has 0 bridgehead atoms. The molecular formula is C34H49FN2O5. The number of nitrogens with zero attached hydrogens (tertiary/aromatic N) is 1. The van der Waals surface area contributed by atoms with E-state index in [0.717, 1.165) is 30.4 Å². The molecule has 0 spiro atoms. The van der Waals surface area contributed by atoms with E-state index in [9.17, 15) is 9.59 Å². The van der Waals surface area contributed by atoms with E-state index in [1.807, 2.05) is 57.2 Å². The van der Waals surface area contributed by atoms with Gasteiger partial charge in [-0.3, -0.25) is 4.79 Å². The second-order valence-corrected chi connectivity index (χ2v) is 13.5. The van der Waals surface area contributed by atoms with Gasteiger partial charge < -0.3 is 24.4 Å². The average Bonchev–Trinajstić information content (AvgIpc) is 3.08. The van der Waals surface area contributed by atoms with Crippen LogP contribution in [0.2, 0.25) is 0 Å². The Kier molecular flexibility index (Phi) is 11.3. The molecule has 2 aromatic carbocycles. The molecule has 232 valence electrons. The molecule has 1 amide bonds. The molecule has 1 N–H and O–H groups in total. The number of carbonyl (C=O) groups excluding carboxylic acids is 2. The fraction of sp³-hybridized carbons (Fsp3) is 0.588. The van der Waals surface area contributed by atoms with Crippen molar-refractivity contribution in [1.82, 2.24) is 4.90 Å². The Morgan fingerprint density at radius 1 is 1.05 bits per heavy atom. The third kappa shape index (κ3) is 10.2. The molecule has 3 rings (SSSR count). The van der Waals surface area contributed by atoms with Crippen molar-refractivity contribution in [1.29, 1.82) is 0 Å². The summed E-state index contributed by atoms with van der Waals surface area (Å²) in [6.07, 6.45) is 2.97. The molecule has 0 fully saturated rings. The minimum atomic E-state index is -0.661. The fourth-order valence-electron chi connectivity index (χ4n) is 4.99. The van der Waals surface area contributed by atoms with Crippen LogP contribution in [0, 0.1) is 11.7 Å². The summed E-state index contributed by atoms with van der Waals surface area (Å²) in [5, 5.41) is 2.97. The smallest absolute Gasteiger partial charge is 0.410 e. The standard InChI is InChI=1S/C34H49FN2O5/c1-23(2)17-18-37(32(39)42-34(6,7)8)26-16-12-15-25-19-28(40-22-24-13-10-9-11-14-24)31(30(35)27(25)20-26)36-21-29(38)41-33(3,4)5/h9-11,13-14,19,23,26,36H,12,15-18,20-22H2,1-8H3. The Balaban J connectivity index is 1.95. The maximum Gasteiger partial charge on any atom is 0.410 e. The van der Waals surface area contributed by atoms with Crippen LogP contribution in [0.4, 0.5) is 14.9 Å². The van der Waals surface area contributed by atoms with Gasteiger partial charge >= 0.3 is 12.1 Å². The van der Waals surface area contributed by atoms with E-state index >= 15 is 4.39 Å². The van der Waals surface area contributed by atoms with Gasteiger partial charge in [0.05, 0.1) is 0 Å². The lowest BCUT2D eigenvalue weighted by molar-refractivity contribution is -0.152. The van der Waals surface area contributed by atoms with Crippen LogP contribution in [-0.2, 0) is 33.7 Å². The van der Waals surface area contributed by atoms with Gasteiger partial charge in [0.15, 0.2) is 5.82 Å². The Labute approximate surface area is 251 Å². The molecule has 1 aliphatic rings. The van der Waals surface area contributed by atoms with Gasteiger partial charge in [-0.1, -0.05) is 44.2 Å². The van der Waals surface area contributed by atoms with Crippen LogP contribution in [0.5, 0.6) is 5.75 Å². The minimum Gasteiger partial charge on any atom is -0.487 e. The first-order valence-electron chi connectivity index (χ1n) is 15.1. The predicted molar refractivity (Wildman–Crippen MR) is 164 cm³/mol. The van der Waals surface area contributed by atoms with Gasteiger partial charge in [-0.2, -0.15) is 0 Å². The van der Waals surface area contributed by atoms with Crippen molar-refractivity contribution in [2.24, 2.45) is 5.92 Å². The number of carbonyl (C=O) groups is 2. The lowest BCUT2D eigenvalue weighted by Gasteiger charge is -2.34. The zero-order chi connectivity index (χ0) is 31.1. The molecule has 0 saturated heterocycles. The Morgan fingerprint density at radius 2 is 1.71 bits per heavy atom. The second-order valence-electron chi connectivity index (χ2n) is 13.5. The zero-order valence-corrected chi connectivity index (χ0v) is 26.6. The summed E-state index contributed by atoms with van der Waals surface area (Å²) in [6, 6.07) is 11.3. The topological polar surface area (TPSA) is 77.1 Å². The molecular weight excluding hydrogens is 535 g/mol. The van der Waals surface area contributed by atoms with E-state index in [0.29, 0.717) is 36.6 Å². The highest BCUT2D eigenvalue weighted by Gasteiger charge is 2.32. The van der Waals surface area contributed by atoms with Gasteiger partial charge in [0.25, 0.3) is 0 Å². The number of rotatable bonds is 10. The molecule has 0 heterocycles. The van der Waals surface area contributed by atoms with Gasteiger partial charge in [0.2, 0.25) is 0 Å². The van der Waals surface area contributed by atoms with Crippen LogP contribution < -0.4 is 10.1 Å². The molecule has 0 radical (unpaired) electrons. The van der Waals surface area contributed by atoms with Crippen molar-refractivity contribution >= 4 is 17.7 Å². The average molecular weight is 585 g/mol. The number of hydrogen-bond acceptors (Lipinski definition) is 6. The molecule has 1 aliphatic carbocycles. The Hall–Kier alpha value is -3.29. The fourth-order valence-corrected chi connectivity index (χ4v) is 4.99. The first-order chi connectivity index (χ1) is 19.6. The highest BCUT2D eigenvalue weighted by molar-refractivity contribution is 5.77. The second kappa shape index (κ2) is 14.3. The van der Waals surface area contributed by atoms with E-state index in [4.69, 9.17) is 14.2 Å². The molecule has 0 saturated carbocycles. The molecule has 1 atom stereocenters. The summed E-state index contributed by atoms with van der Waals surface area (Å²) >= 11 is 0. The minimum absolute atomic E-state index is 0.127. The number of nitrogens with one attached hydrogen (secondary N) is 1. The molecule has 0 aromatic heterocycles. The molecule has 7 nitrogen and oxygen atoms in total. The lowest BCUT2D eigenvalue weighted by Crippen LogP contribution is -2.45. The van der Waals surface area contributed by atoms with Crippen molar-refractivity contribution < 1.29 is 28.2 Å². The van der Waals surface area contributed by atoms with E-state index in [1.54, 1.807) is 25.7 Å². The number of aryl methyl sites for hydroxylation is 1. The van der Waals surface area contributed by atoms with Gasteiger partial charge in [0.1, 0.15) is 35.8 Å². The Bertz CT molecular complexity index is 1200. The predicted octanol–water partition coefficient (Wildman–Crippen LogP) is 7.69. The number of benzene rings is 2. The summed E-state index contributed by atoms with van der Waals surface area (Å²) in [4.78, 5) is 27.7. The Morgan fingerprint density at radius 3 is 2.33 bits per heavy atom. The highest BCUT2D eigenvalue weighted by atomic mass is 19.1. The van der Waals surface area contributed by atoms with Crippen LogP contribution in [0.15, 0.2) is 36.4 Å². The largest absolute Gasteiger partial charge is 0.487 e. The van der Waals surface area contributed by atoms with Gasteiger partial charge in [-0.25, -0.2) is 9.18 Å². The molecule has 1 unspecified atom stereocenters. The van der Waals surface area contributed by atoms with Crippen molar-refractivity contribution in [2.75, 3.05) is 18.4 Å². The zero-order valence-electron chi connectivity index (χ0n) is 26.6. The van der Waals surface area contributed by atoms with Crippen LogP contribution in [-0.4, -0.2) is 47.3 Å². The SMILES string of the molecule is CC(C)CCN(C(=O)OC(C)(C)C)C1CCCc2cc(OCc3ccccc3)c(NCC(=O)OC(C)(C)C)c(F)c2C1. The first-order valence-corrected chi connectivity index (χ1v) is 15.1. The number of amides is 1. The third-order valence-electron chi connectivity index (χ3n) is 6.93. The lowest BCUT2D eigenvalue weighted by atomic mass is 9.98. The summed E-state index contributed by atoms with van der Waals surface area (Å²) < 4.78 is 33.9. The van der Waals surface area contributed by atoms with Crippen molar-refractivity contribution in [2.45, 2.75) is 111 Å². The number of esters is 1. The van der Waals surface area contributed by atoms with Crippen LogP contribution >= 0.6 is 0 Å². The van der Waals surface area contributed by atoms with Crippen molar-refractivity contribution in [3.8, 4) is 5.75 Å². The first kappa shape index (κ1) is 33.2. The maximum atomic E-state index is 16.5. The number of hydrogen-bond donors (Lipinski definition) is 1. The van der Waals surface area contributed by atoms with Crippen LogP contribution in [0.25, 0.3) is 0 Å². The van der Waals surface area contributed by atoms with Gasteiger partial charge in [0, 0.05) is 12.6 Å². The number of anilines is 1. The van der Waals surface area contributed by atoms with E-state index in [-0.39, 0.29) is 31.0 Å². The quantitative estimate of drug-likeness (QED) is 0.228. The van der Waals surface area contributed by atoms with Gasteiger partial charge in [-0.05, 0) is 102 Å². The molecule has 2 aromatic rings. The number of ether oxygens (including phenoxy) is 3. The normalized spacial score (nSPS) is 15.4. The van der Waals surface area contributed by atoms with Crippen molar-refractivity contribution in [3.05, 3.63) is 58.9 Å². The highest BCUT2D eigenvalue weighted by Crippen LogP contribution is 2.37. The van der Waals surface area contributed by atoms with Crippen molar-refractivity contribution in [3.63, 3.8) is 0 Å². The van der Waals surface area contributed by atoms with Gasteiger partial charge in [-0.15, -0.1) is 0 Å². The number of halogens is 1. The molecule has 42 heavy (non-hydrogen) atoms. The van der Waals surface area contributed by atoms with E-state index in [2.05, 4.69) is 19.2 Å². The summed E-state index contributed by atoms with van der Waals surface area (Å²) in [6.45, 7) is 15.8. The molecule has 8 heteroatoms. The summed E-state index contributed by atoms with van der Waals surface area (Å²) in [5.41, 5.74) is 1.17.